The third-order valence-electron chi connectivity index (χ3n) is 2.88. The Morgan fingerprint density at radius 2 is 1.70 bits per heavy atom. The quantitative estimate of drug-likeness (QED) is 0.355. The molecule has 0 aliphatic carbocycles. The molecule has 0 rings (SSSR count). The molecule has 0 fully saturated rings. The van der Waals surface area contributed by atoms with Crippen LogP contribution in [0.25, 0.3) is 0 Å². The second-order valence-electron chi connectivity index (χ2n) is 5.08. The molecule has 2 atom stereocenters. The zero-order valence-corrected chi connectivity index (χ0v) is 17.7. The van der Waals surface area contributed by atoms with Gasteiger partial charge in [-0.05, 0) is 39.4 Å². The van der Waals surface area contributed by atoms with Crippen molar-refractivity contribution in [2.45, 2.75) is 59.0 Å². The number of carbonyl (C=O) groups is 1. The first-order valence-corrected chi connectivity index (χ1v) is 11.0. The lowest BCUT2D eigenvalue weighted by molar-refractivity contribution is -0.162. The van der Waals surface area contributed by atoms with Crippen LogP contribution in [0.1, 0.15) is 41.5 Å². The van der Waals surface area contributed by atoms with Crippen molar-refractivity contribution >= 4 is 41.9 Å². The number of rotatable bonds is 11. The van der Waals surface area contributed by atoms with Crippen molar-refractivity contribution in [1.29, 1.82) is 0 Å². The van der Waals surface area contributed by atoms with Crippen LogP contribution in [0, 0.1) is 0 Å². The van der Waals surface area contributed by atoms with Crippen LogP contribution in [-0.4, -0.2) is 53.7 Å². The van der Waals surface area contributed by atoms with Crippen molar-refractivity contribution in [1.82, 2.24) is 5.32 Å². The minimum atomic E-state index is -4.67. The standard InChI is InChI=1S/C14H25F3NO5PS2.CH4/c1-5-21-13(25)26-11(9-24(20,22-6-2)23-7-3)8-12(14(15,16)17)18-10(4)19;/h11-12H,5-9H2,1-4H3,(H,18,19);1H4. The molecule has 0 aromatic heterocycles. The Hall–Kier alpha value is -0.350. The average molecular weight is 456 g/mol. The summed E-state index contributed by atoms with van der Waals surface area (Å²) in [6.07, 6.45) is -5.51. The van der Waals surface area contributed by atoms with E-state index in [-0.39, 0.29) is 37.8 Å². The van der Waals surface area contributed by atoms with E-state index < -0.39 is 37.4 Å². The van der Waals surface area contributed by atoms with E-state index in [4.69, 9.17) is 26.0 Å². The van der Waals surface area contributed by atoms with Gasteiger partial charge in [-0.15, -0.1) is 0 Å². The van der Waals surface area contributed by atoms with Crippen LogP contribution in [0.2, 0.25) is 0 Å². The molecule has 0 radical (unpaired) electrons. The molecule has 0 aromatic rings. The van der Waals surface area contributed by atoms with Gasteiger partial charge in [0.25, 0.3) is 0 Å². The number of amides is 1. The molecule has 0 aromatic carbocycles. The number of hydrogen-bond donors (Lipinski definition) is 1. The summed E-state index contributed by atoms with van der Waals surface area (Å²) < 4.78 is 67.9. The van der Waals surface area contributed by atoms with Gasteiger partial charge in [-0.25, -0.2) is 0 Å². The molecule has 12 heteroatoms. The van der Waals surface area contributed by atoms with E-state index in [9.17, 15) is 22.5 Å². The van der Waals surface area contributed by atoms with Crippen molar-refractivity contribution in [2.24, 2.45) is 0 Å². The fourth-order valence-corrected chi connectivity index (χ4v) is 5.85. The van der Waals surface area contributed by atoms with E-state index in [0.29, 0.717) is 0 Å². The molecule has 0 spiro atoms. The maximum Gasteiger partial charge on any atom is 0.408 e. The number of nitrogens with one attached hydrogen (secondary N) is 1. The molecule has 0 bridgehead atoms. The number of halogens is 3. The van der Waals surface area contributed by atoms with Crippen LogP contribution in [-0.2, 0) is 23.1 Å². The molecule has 2 unspecified atom stereocenters. The van der Waals surface area contributed by atoms with Gasteiger partial charge in [0.1, 0.15) is 6.04 Å². The number of alkyl halides is 3. The van der Waals surface area contributed by atoms with Crippen molar-refractivity contribution < 1.29 is 36.3 Å². The second kappa shape index (κ2) is 13.8. The summed E-state index contributed by atoms with van der Waals surface area (Å²) in [6.45, 7) is 6.31. The van der Waals surface area contributed by atoms with Gasteiger partial charge < -0.3 is 19.1 Å². The van der Waals surface area contributed by atoms with Crippen molar-refractivity contribution in [3.05, 3.63) is 0 Å². The number of thioether (sulfide) groups is 1. The lowest BCUT2D eigenvalue weighted by Gasteiger charge is -2.27. The summed E-state index contributed by atoms with van der Waals surface area (Å²) in [5.74, 6) is -0.818. The van der Waals surface area contributed by atoms with E-state index in [0.717, 1.165) is 18.7 Å². The molecule has 27 heavy (non-hydrogen) atoms. The fraction of sp³-hybridized carbons (Fsp3) is 0.867. The SMILES string of the molecule is C.CCOC(=S)SC(CC(NC(C)=O)C(F)(F)F)CP(=O)(OCC)OCC. The van der Waals surface area contributed by atoms with Crippen molar-refractivity contribution in [2.75, 3.05) is 26.0 Å². The summed E-state index contributed by atoms with van der Waals surface area (Å²) >= 11 is 5.83. The zero-order chi connectivity index (χ0) is 20.4. The number of carbonyl (C=O) groups excluding carboxylic acids is 1. The van der Waals surface area contributed by atoms with Gasteiger partial charge in [-0.2, -0.15) is 13.2 Å². The number of hydrogen-bond acceptors (Lipinski definition) is 7. The van der Waals surface area contributed by atoms with Gasteiger partial charge in [0, 0.05) is 12.2 Å². The molecule has 1 N–H and O–H groups in total. The predicted molar refractivity (Wildman–Crippen MR) is 106 cm³/mol. The van der Waals surface area contributed by atoms with Gasteiger partial charge >= 0.3 is 13.8 Å². The Kier molecular flexibility index (Phi) is 14.7. The molecule has 162 valence electrons. The molecule has 6 nitrogen and oxygen atoms in total. The summed E-state index contributed by atoms with van der Waals surface area (Å²) in [5.41, 5.74) is 0. The Morgan fingerprint density at radius 1 is 1.19 bits per heavy atom. The van der Waals surface area contributed by atoms with Crippen LogP contribution < -0.4 is 5.32 Å². The second-order valence-corrected chi connectivity index (χ2v) is 9.09. The number of ether oxygens (including phenoxy) is 1. The van der Waals surface area contributed by atoms with Crippen LogP contribution in [0.3, 0.4) is 0 Å². The Morgan fingerprint density at radius 3 is 2.07 bits per heavy atom. The van der Waals surface area contributed by atoms with Gasteiger partial charge in [0.2, 0.25) is 10.3 Å². The molecule has 1 amide bonds. The first-order valence-electron chi connectivity index (χ1n) is 8.02. The maximum atomic E-state index is 13.2. The normalized spacial score (nSPS) is 14.0. The lowest BCUT2D eigenvalue weighted by atomic mass is 10.1. The number of thiocarbonyl (C=S) groups is 1. The summed E-state index contributed by atoms with van der Waals surface area (Å²) in [6, 6.07) is -2.11. The van der Waals surface area contributed by atoms with Crippen LogP contribution >= 0.6 is 31.6 Å². The summed E-state index contributed by atoms with van der Waals surface area (Å²) in [5, 5.41) is 0.980. The predicted octanol–water partition coefficient (Wildman–Crippen LogP) is 4.77. The third kappa shape index (κ3) is 12.7. The topological polar surface area (TPSA) is 73.9 Å². The van der Waals surface area contributed by atoms with Crippen LogP contribution in [0.15, 0.2) is 0 Å². The summed E-state index contributed by atoms with van der Waals surface area (Å²) in [4.78, 5) is 11.1. The van der Waals surface area contributed by atoms with E-state index in [1.54, 1.807) is 20.8 Å². The van der Waals surface area contributed by atoms with E-state index in [1.807, 2.05) is 5.32 Å². The van der Waals surface area contributed by atoms with E-state index in [2.05, 4.69) is 0 Å². The molecule has 0 saturated carbocycles. The first-order chi connectivity index (χ1) is 12.0. The average Bonchev–Trinajstić information content (AvgIpc) is 2.45. The molecular weight excluding hydrogens is 426 g/mol. The van der Waals surface area contributed by atoms with Gasteiger partial charge in [-0.1, -0.05) is 19.2 Å². The minimum absolute atomic E-state index is 0. The van der Waals surface area contributed by atoms with Crippen molar-refractivity contribution in [3.63, 3.8) is 0 Å². The lowest BCUT2D eigenvalue weighted by Crippen LogP contribution is -2.46. The highest BCUT2D eigenvalue weighted by atomic mass is 32.2. The van der Waals surface area contributed by atoms with Gasteiger partial charge in [-0.3, -0.25) is 9.36 Å². The van der Waals surface area contributed by atoms with Crippen molar-refractivity contribution in [3.8, 4) is 0 Å². The highest BCUT2D eigenvalue weighted by Crippen LogP contribution is 2.51. The Bertz CT molecular complexity index is 498. The van der Waals surface area contributed by atoms with E-state index in [1.165, 1.54) is 0 Å². The Balaban J connectivity index is 0. The highest BCUT2D eigenvalue weighted by molar-refractivity contribution is 8.23. The van der Waals surface area contributed by atoms with Crippen LogP contribution in [0.5, 0.6) is 0 Å². The molecule has 0 heterocycles. The molecule has 0 aliphatic rings. The van der Waals surface area contributed by atoms with Gasteiger partial charge in [0.05, 0.1) is 26.0 Å². The largest absolute Gasteiger partial charge is 0.479 e. The third-order valence-corrected chi connectivity index (χ3v) is 6.72. The first kappa shape index (κ1) is 28.9. The van der Waals surface area contributed by atoms with Crippen LogP contribution in [0.4, 0.5) is 13.2 Å². The van der Waals surface area contributed by atoms with E-state index >= 15 is 0 Å². The minimum Gasteiger partial charge on any atom is -0.479 e. The molecule has 0 saturated heterocycles. The zero-order valence-electron chi connectivity index (χ0n) is 15.1. The smallest absolute Gasteiger partial charge is 0.408 e. The summed E-state index contributed by atoms with van der Waals surface area (Å²) in [7, 11) is -3.61. The molecule has 0 aliphatic heterocycles. The monoisotopic (exact) mass is 455 g/mol. The fourth-order valence-electron chi connectivity index (χ4n) is 2.02. The highest BCUT2D eigenvalue weighted by Gasteiger charge is 2.43. The maximum absolute atomic E-state index is 13.2. The van der Waals surface area contributed by atoms with Gasteiger partial charge in [0.15, 0.2) is 0 Å². The molecular formula is C15H29F3NO5PS2. The Labute approximate surface area is 168 Å².